The minimum atomic E-state index is -0.0334. The highest BCUT2D eigenvalue weighted by Crippen LogP contribution is 2.31. The van der Waals surface area contributed by atoms with Gasteiger partial charge in [-0.05, 0) is 30.9 Å². The van der Waals surface area contributed by atoms with Crippen molar-refractivity contribution in [3.05, 3.63) is 74.9 Å². The van der Waals surface area contributed by atoms with E-state index in [9.17, 15) is 4.79 Å². The molecule has 0 unspecified atom stereocenters. The van der Waals surface area contributed by atoms with Crippen molar-refractivity contribution in [2.24, 2.45) is 0 Å². The number of thiazole rings is 1. The molecule has 140 valence electrons. The number of anilines is 1. The molecule has 1 aromatic carbocycles. The fourth-order valence-corrected chi connectivity index (χ4v) is 4.15. The summed E-state index contributed by atoms with van der Waals surface area (Å²) in [5.41, 5.74) is 1.27. The Morgan fingerprint density at radius 2 is 2.00 bits per heavy atom. The van der Waals surface area contributed by atoms with Crippen LogP contribution < -0.4 is 5.32 Å². The lowest BCUT2D eigenvalue weighted by molar-refractivity contribution is 0.104. The first-order valence-electron chi connectivity index (χ1n) is 8.93. The van der Waals surface area contributed by atoms with Crippen molar-refractivity contribution in [2.45, 2.75) is 26.8 Å². The summed E-state index contributed by atoms with van der Waals surface area (Å²) in [6, 6.07) is 13.4. The fourth-order valence-electron chi connectivity index (χ4n) is 2.58. The SMILES string of the molecule is CC/C=C(\OCC)c1nc(NCc2cccs2)sc1C(=O)c1ccccc1. The summed E-state index contributed by atoms with van der Waals surface area (Å²) in [6.45, 7) is 5.19. The van der Waals surface area contributed by atoms with Crippen LogP contribution in [0.15, 0.2) is 53.9 Å². The number of nitrogens with zero attached hydrogens (tertiary/aromatic N) is 1. The molecule has 0 saturated heterocycles. The average molecular weight is 399 g/mol. The number of ether oxygens (including phenoxy) is 1. The molecule has 27 heavy (non-hydrogen) atoms. The van der Waals surface area contributed by atoms with Gasteiger partial charge in [-0.3, -0.25) is 4.79 Å². The van der Waals surface area contributed by atoms with Crippen molar-refractivity contribution in [2.75, 3.05) is 11.9 Å². The van der Waals surface area contributed by atoms with Crippen LogP contribution in [0.25, 0.3) is 5.76 Å². The van der Waals surface area contributed by atoms with E-state index in [2.05, 4.69) is 11.4 Å². The van der Waals surface area contributed by atoms with Gasteiger partial charge in [0.2, 0.25) is 5.78 Å². The summed E-state index contributed by atoms with van der Waals surface area (Å²) in [6.07, 6.45) is 2.78. The standard InChI is InChI=1S/C21H22N2O2S2/c1-3-9-17(25-4-2)18-20(19(24)15-10-6-5-7-11-15)27-21(23-18)22-14-16-12-8-13-26-16/h5-13H,3-4,14H2,1-2H3,(H,22,23)/b17-9-. The quantitative estimate of drug-likeness (QED) is 0.364. The van der Waals surface area contributed by atoms with Gasteiger partial charge in [-0.25, -0.2) is 4.98 Å². The number of allylic oxidation sites excluding steroid dienone is 1. The van der Waals surface area contributed by atoms with Crippen LogP contribution in [-0.2, 0) is 11.3 Å². The number of carbonyl (C=O) groups is 1. The van der Waals surface area contributed by atoms with Gasteiger partial charge in [-0.15, -0.1) is 11.3 Å². The minimum absolute atomic E-state index is 0.0334. The lowest BCUT2D eigenvalue weighted by atomic mass is 10.1. The van der Waals surface area contributed by atoms with Crippen molar-refractivity contribution < 1.29 is 9.53 Å². The van der Waals surface area contributed by atoms with Crippen LogP contribution in [0.2, 0.25) is 0 Å². The van der Waals surface area contributed by atoms with Crippen LogP contribution >= 0.6 is 22.7 Å². The number of hydrogen-bond acceptors (Lipinski definition) is 6. The van der Waals surface area contributed by atoms with E-state index in [4.69, 9.17) is 9.72 Å². The molecular weight excluding hydrogens is 376 g/mol. The first-order valence-corrected chi connectivity index (χ1v) is 10.6. The van der Waals surface area contributed by atoms with E-state index in [0.717, 1.165) is 11.6 Å². The van der Waals surface area contributed by atoms with Gasteiger partial charge in [-0.2, -0.15) is 0 Å². The Kier molecular flexibility index (Phi) is 6.79. The van der Waals surface area contributed by atoms with Crippen LogP contribution in [0.1, 0.15) is 46.1 Å². The number of aromatic nitrogens is 1. The molecule has 0 bridgehead atoms. The molecule has 0 aliphatic carbocycles. The highest BCUT2D eigenvalue weighted by atomic mass is 32.1. The third-order valence-electron chi connectivity index (χ3n) is 3.79. The predicted octanol–water partition coefficient (Wildman–Crippen LogP) is 5.84. The van der Waals surface area contributed by atoms with Crippen LogP contribution in [-0.4, -0.2) is 17.4 Å². The summed E-state index contributed by atoms with van der Waals surface area (Å²) < 4.78 is 5.79. The third-order valence-corrected chi connectivity index (χ3v) is 5.67. The van der Waals surface area contributed by atoms with Gasteiger partial charge >= 0.3 is 0 Å². The maximum absolute atomic E-state index is 13.1. The Morgan fingerprint density at radius 3 is 2.67 bits per heavy atom. The van der Waals surface area contributed by atoms with Gasteiger partial charge in [0.05, 0.1) is 13.2 Å². The summed E-state index contributed by atoms with van der Waals surface area (Å²) in [4.78, 5) is 19.6. The van der Waals surface area contributed by atoms with Gasteiger partial charge in [0, 0.05) is 10.4 Å². The molecular formula is C21H22N2O2S2. The van der Waals surface area contributed by atoms with E-state index in [1.807, 2.05) is 61.7 Å². The summed E-state index contributed by atoms with van der Waals surface area (Å²) >= 11 is 3.07. The van der Waals surface area contributed by atoms with Crippen molar-refractivity contribution in [3.63, 3.8) is 0 Å². The molecule has 0 radical (unpaired) electrons. The Balaban J connectivity index is 1.95. The first-order chi connectivity index (χ1) is 13.2. The highest BCUT2D eigenvalue weighted by Gasteiger charge is 2.23. The van der Waals surface area contributed by atoms with Crippen LogP contribution in [0, 0.1) is 0 Å². The number of thiophene rings is 1. The molecule has 0 spiro atoms. The van der Waals surface area contributed by atoms with Crippen molar-refractivity contribution in [1.82, 2.24) is 4.98 Å². The number of rotatable bonds is 9. The highest BCUT2D eigenvalue weighted by molar-refractivity contribution is 7.18. The van der Waals surface area contributed by atoms with Gasteiger partial charge in [0.1, 0.15) is 16.3 Å². The zero-order valence-electron chi connectivity index (χ0n) is 15.4. The number of carbonyl (C=O) groups excluding carboxylic acids is 1. The molecule has 0 amide bonds. The van der Waals surface area contributed by atoms with Crippen molar-refractivity contribution in [3.8, 4) is 0 Å². The van der Waals surface area contributed by atoms with Crippen LogP contribution in [0.5, 0.6) is 0 Å². The summed E-state index contributed by atoms with van der Waals surface area (Å²) in [7, 11) is 0. The molecule has 3 rings (SSSR count). The Morgan fingerprint density at radius 1 is 1.19 bits per heavy atom. The van der Waals surface area contributed by atoms with Crippen molar-refractivity contribution in [1.29, 1.82) is 0 Å². The van der Waals surface area contributed by atoms with Gasteiger partial charge in [0.25, 0.3) is 0 Å². The predicted molar refractivity (Wildman–Crippen MR) is 114 cm³/mol. The molecule has 2 heterocycles. The summed E-state index contributed by atoms with van der Waals surface area (Å²) in [5, 5.41) is 6.11. The second-order valence-electron chi connectivity index (χ2n) is 5.73. The van der Waals surface area contributed by atoms with E-state index in [1.165, 1.54) is 16.2 Å². The molecule has 3 aromatic rings. The molecule has 6 heteroatoms. The molecule has 0 saturated carbocycles. The number of hydrogen-bond donors (Lipinski definition) is 1. The zero-order chi connectivity index (χ0) is 19.1. The van der Waals surface area contributed by atoms with E-state index < -0.39 is 0 Å². The second-order valence-corrected chi connectivity index (χ2v) is 7.77. The average Bonchev–Trinajstić information content (AvgIpc) is 3.36. The Hall–Kier alpha value is -2.44. The van der Waals surface area contributed by atoms with Gasteiger partial charge < -0.3 is 10.1 Å². The number of nitrogens with one attached hydrogen (secondary N) is 1. The minimum Gasteiger partial charge on any atom is -0.492 e. The smallest absolute Gasteiger partial charge is 0.205 e. The largest absolute Gasteiger partial charge is 0.492 e. The Labute approximate surface area is 167 Å². The maximum Gasteiger partial charge on any atom is 0.205 e. The van der Waals surface area contributed by atoms with Crippen molar-refractivity contribution >= 4 is 39.3 Å². The molecule has 4 nitrogen and oxygen atoms in total. The topological polar surface area (TPSA) is 51.2 Å². The van der Waals surface area contributed by atoms with Gasteiger partial charge in [-0.1, -0.05) is 54.7 Å². The zero-order valence-corrected chi connectivity index (χ0v) is 17.0. The normalized spacial score (nSPS) is 11.4. The fraction of sp³-hybridized carbons (Fsp3) is 0.238. The molecule has 0 aliphatic rings. The Bertz CT molecular complexity index is 900. The van der Waals surface area contributed by atoms with E-state index in [1.54, 1.807) is 11.3 Å². The maximum atomic E-state index is 13.1. The molecule has 1 N–H and O–H groups in total. The lowest BCUT2D eigenvalue weighted by Gasteiger charge is -2.08. The molecule has 0 atom stereocenters. The van der Waals surface area contributed by atoms with Crippen LogP contribution in [0.4, 0.5) is 5.13 Å². The van der Waals surface area contributed by atoms with E-state index >= 15 is 0 Å². The van der Waals surface area contributed by atoms with Crippen LogP contribution in [0.3, 0.4) is 0 Å². The number of ketones is 1. The third kappa shape index (κ3) is 4.84. The number of benzene rings is 1. The molecule has 0 aliphatic heterocycles. The molecule has 2 aromatic heterocycles. The molecule has 0 fully saturated rings. The van der Waals surface area contributed by atoms with Gasteiger partial charge in [0.15, 0.2) is 5.13 Å². The first kappa shape index (κ1) is 19.3. The lowest BCUT2D eigenvalue weighted by Crippen LogP contribution is -2.04. The van der Waals surface area contributed by atoms with E-state index in [-0.39, 0.29) is 5.78 Å². The second kappa shape index (κ2) is 9.48. The summed E-state index contributed by atoms with van der Waals surface area (Å²) in [5.74, 6) is 0.633. The van der Waals surface area contributed by atoms with E-state index in [0.29, 0.717) is 35.0 Å². The monoisotopic (exact) mass is 398 g/mol.